The van der Waals surface area contributed by atoms with Crippen LogP contribution in [0.25, 0.3) is 0 Å². The minimum atomic E-state index is -0.177. The van der Waals surface area contributed by atoms with Gasteiger partial charge in [-0.25, -0.2) is 4.79 Å². The zero-order valence-corrected chi connectivity index (χ0v) is 12.0. The molecule has 2 rings (SSSR count). The van der Waals surface area contributed by atoms with Crippen molar-refractivity contribution in [2.75, 3.05) is 12.3 Å². The van der Waals surface area contributed by atoms with Gasteiger partial charge in [0, 0.05) is 17.8 Å². The maximum atomic E-state index is 12.2. The monoisotopic (exact) mass is 270 g/mol. The molecule has 17 heavy (non-hydrogen) atoms. The number of urea groups is 1. The van der Waals surface area contributed by atoms with Gasteiger partial charge in [-0.2, -0.15) is 11.3 Å². The van der Waals surface area contributed by atoms with E-state index in [4.69, 9.17) is 0 Å². The summed E-state index contributed by atoms with van der Waals surface area (Å²) in [7, 11) is 0. The topological polar surface area (TPSA) is 32.3 Å². The first-order valence-corrected chi connectivity index (χ1v) is 7.69. The van der Waals surface area contributed by atoms with E-state index in [-0.39, 0.29) is 16.9 Å². The third-order valence-electron chi connectivity index (χ3n) is 2.46. The number of thiophene rings is 1. The van der Waals surface area contributed by atoms with Gasteiger partial charge < -0.3 is 10.2 Å². The van der Waals surface area contributed by atoms with Crippen LogP contribution in [0.5, 0.6) is 0 Å². The highest BCUT2D eigenvalue weighted by atomic mass is 32.2. The number of nitrogens with zero attached hydrogens (tertiary/aromatic N) is 1. The lowest BCUT2D eigenvalue weighted by atomic mass is 10.1. The van der Waals surface area contributed by atoms with Gasteiger partial charge >= 0.3 is 6.03 Å². The predicted molar refractivity (Wildman–Crippen MR) is 74.5 cm³/mol. The molecule has 1 unspecified atom stereocenters. The molecule has 3 nitrogen and oxygen atoms in total. The summed E-state index contributed by atoms with van der Waals surface area (Å²) in [5, 5.41) is 7.40. The zero-order chi connectivity index (χ0) is 12.5. The zero-order valence-electron chi connectivity index (χ0n) is 10.4. The number of rotatable bonds is 1. The Bertz CT molecular complexity index is 384. The fourth-order valence-electron chi connectivity index (χ4n) is 1.76. The molecule has 1 aromatic heterocycles. The summed E-state index contributed by atoms with van der Waals surface area (Å²) < 4.78 is 0. The summed E-state index contributed by atoms with van der Waals surface area (Å²) in [6, 6.07) is 2.14. The van der Waals surface area contributed by atoms with Crippen LogP contribution < -0.4 is 5.32 Å². The molecule has 1 aromatic rings. The van der Waals surface area contributed by atoms with Crippen LogP contribution in [0.15, 0.2) is 16.8 Å². The second-order valence-corrected chi connectivity index (χ2v) is 7.12. The molecular formula is C12H18N2OS2. The average Bonchev–Trinajstić information content (AvgIpc) is 2.85. The van der Waals surface area contributed by atoms with Crippen LogP contribution in [0.1, 0.15) is 31.7 Å². The second-order valence-electron chi connectivity index (χ2n) is 5.15. The molecule has 1 fully saturated rings. The molecule has 2 heterocycles. The van der Waals surface area contributed by atoms with Crippen LogP contribution in [-0.4, -0.2) is 28.8 Å². The Labute approximate surface area is 111 Å². The summed E-state index contributed by atoms with van der Waals surface area (Å²) >= 11 is 3.52. The van der Waals surface area contributed by atoms with Crippen molar-refractivity contribution < 1.29 is 4.79 Å². The number of amides is 2. The van der Waals surface area contributed by atoms with Gasteiger partial charge in [0.2, 0.25) is 0 Å². The molecule has 1 N–H and O–H groups in total. The summed E-state index contributed by atoms with van der Waals surface area (Å²) in [4.78, 5) is 14.1. The normalized spacial score (nSPS) is 20.6. The summed E-state index contributed by atoms with van der Waals surface area (Å²) in [6.45, 7) is 6.85. The first-order chi connectivity index (χ1) is 7.97. The largest absolute Gasteiger partial charge is 0.333 e. The highest BCUT2D eigenvalue weighted by molar-refractivity contribution is 7.99. The number of carbonyl (C=O) groups is 1. The quantitative estimate of drug-likeness (QED) is 0.849. The lowest BCUT2D eigenvalue weighted by Gasteiger charge is -2.28. The lowest BCUT2D eigenvalue weighted by Crippen LogP contribution is -2.48. The lowest BCUT2D eigenvalue weighted by molar-refractivity contribution is 0.191. The van der Waals surface area contributed by atoms with E-state index in [9.17, 15) is 4.79 Å². The van der Waals surface area contributed by atoms with Gasteiger partial charge in [0.1, 0.15) is 5.37 Å². The van der Waals surface area contributed by atoms with Crippen LogP contribution in [0.2, 0.25) is 0 Å². The number of hydrogen-bond donors (Lipinski definition) is 1. The molecule has 0 saturated carbocycles. The second kappa shape index (κ2) is 4.90. The van der Waals surface area contributed by atoms with E-state index in [2.05, 4.69) is 22.1 Å². The van der Waals surface area contributed by atoms with Gasteiger partial charge in [0.25, 0.3) is 0 Å². The van der Waals surface area contributed by atoms with Crippen LogP contribution in [0.3, 0.4) is 0 Å². The van der Waals surface area contributed by atoms with Crippen molar-refractivity contribution in [3.05, 3.63) is 22.4 Å². The van der Waals surface area contributed by atoms with Crippen molar-refractivity contribution in [3.63, 3.8) is 0 Å². The van der Waals surface area contributed by atoms with E-state index < -0.39 is 0 Å². The van der Waals surface area contributed by atoms with Crippen molar-refractivity contribution in [3.8, 4) is 0 Å². The highest BCUT2D eigenvalue weighted by Gasteiger charge is 2.32. The molecule has 0 radical (unpaired) electrons. The smallest absolute Gasteiger partial charge is 0.319 e. The fraction of sp³-hybridized carbons (Fsp3) is 0.583. The van der Waals surface area contributed by atoms with E-state index in [1.807, 2.05) is 37.4 Å². The number of carbonyl (C=O) groups excluding carboxylic acids is 1. The Hall–Kier alpha value is -0.680. The maximum absolute atomic E-state index is 12.2. The first-order valence-electron chi connectivity index (χ1n) is 5.70. The Morgan fingerprint density at radius 3 is 2.88 bits per heavy atom. The number of nitrogens with one attached hydrogen (secondary N) is 1. The van der Waals surface area contributed by atoms with Crippen molar-refractivity contribution in [2.24, 2.45) is 0 Å². The Morgan fingerprint density at radius 2 is 2.29 bits per heavy atom. The van der Waals surface area contributed by atoms with Gasteiger partial charge in [-0.15, -0.1) is 11.8 Å². The van der Waals surface area contributed by atoms with Gasteiger partial charge in [-0.05, 0) is 43.2 Å². The molecule has 1 saturated heterocycles. The molecule has 0 aromatic carbocycles. The molecule has 5 heteroatoms. The molecule has 0 aliphatic carbocycles. The van der Waals surface area contributed by atoms with Crippen molar-refractivity contribution >= 4 is 29.1 Å². The van der Waals surface area contributed by atoms with Gasteiger partial charge in [0.05, 0.1) is 0 Å². The van der Waals surface area contributed by atoms with E-state index in [0.717, 1.165) is 12.3 Å². The Kier molecular flexibility index (Phi) is 3.68. The maximum Gasteiger partial charge on any atom is 0.319 e. The van der Waals surface area contributed by atoms with Gasteiger partial charge in [-0.3, -0.25) is 0 Å². The van der Waals surface area contributed by atoms with Crippen molar-refractivity contribution in [1.82, 2.24) is 10.2 Å². The summed E-state index contributed by atoms with van der Waals surface area (Å²) in [6.07, 6.45) is 0. The minimum Gasteiger partial charge on any atom is -0.333 e. The molecule has 94 valence electrons. The van der Waals surface area contributed by atoms with Crippen LogP contribution in [-0.2, 0) is 0 Å². The number of hydrogen-bond acceptors (Lipinski definition) is 3. The molecule has 0 bridgehead atoms. The molecule has 1 aliphatic heterocycles. The van der Waals surface area contributed by atoms with Crippen molar-refractivity contribution in [1.29, 1.82) is 0 Å². The van der Waals surface area contributed by atoms with Gasteiger partial charge in [0.15, 0.2) is 0 Å². The molecule has 2 amide bonds. The third-order valence-corrected chi connectivity index (χ3v) is 4.42. The van der Waals surface area contributed by atoms with E-state index in [0.29, 0.717) is 0 Å². The summed E-state index contributed by atoms with van der Waals surface area (Å²) in [5.74, 6) is 1.01. The fourth-order valence-corrected chi connectivity index (χ4v) is 3.77. The van der Waals surface area contributed by atoms with Crippen LogP contribution in [0.4, 0.5) is 4.79 Å². The Morgan fingerprint density at radius 1 is 1.53 bits per heavy atom. The van der Waals surface area contributed by atoms with E-state index >= 15 is 0 Å². The van der Waals surface area contributed by atoms with E-state index in [1.54, 1.807) is 11.3 Å². The molecular weight excluding hydrogens is 252 g/mol. The molecule has 1 aliphatic rings. The molecule has 0 spiro atoms. The Balaban J connectivity index is 2.07. The summed E-state index contributed by atoms with van der Waals surface area (Å²) in [5.41, 5.74) is 1.06. The SMILES string of the molecule is CC(C)(C)NC(=O)N1CCSC1c1ccsc1. The predicted octanol–water partition coefficient (Wildman–Crippen LogP) is 3.30. The first kappa shape index (κ1) is 12.8. The van der Waals surface area contributed by atoms with E-state index in [1.165, 1.54) is 5.56 Å². The molecule has 1 atom stereocenters. The standard InChI is InChI=1S/C12H18N2OS2/c1-12(2,3)13-11(15)14-5-7-17-10(14)9-4-6-16-8-9/h4,6,8,10H,5,7H2,1-3H3,(H,13,15). The minimum absolute atomic E-state index is 0.0405. The number of thioether (sulfide) groups is 1. The van der Waals surface area contributed by atoms with Crippen molar-refractivity contribution in [2.45, 2.75) is 31.7 Å². The van der Waals surface area contributed by atoms with Crippen LogP contribution >= 0.6 is 23.1 Å². The van der Waals surface area contributed by atoms with Crippen LogP contribution in [0, 0.1) is 0 Å². The average molecular weight is 270 g/mol. The highest BCUT2D eigenvalue weighted by Crippen LogP contribution is 2.38. The third kappa shape index (κ3) is 3.16. The van der Waals surface area contributed by atoms with Gasteiger partial charge in [-0.1, -0.05) is 0 Å².